The van der Waals surface area contributed by atoms with Gasteiger partial charge in [0.15, 0.2) is 0 Å². The van der Waals surface area contributed by atoms with E-state index in [-0.39, 0.29) is 42.7 Å². The Hall–Kier alpha value is -0.760. The standard InChI is InChI=1S/C22H38FN3O3/c1-14-5-6-19(23)18-12-20(25-21(14)18)22(28)24-15-3-2-4-16(11-15)26-8-10-29-17(13-26)7-9-27/h14-21,25,27H,2-13H2,1H3,(H,24,28). The molecule has 29 heavy (non-hydrogen) atoms. The Morgan fingerprint density at radius 1 is 1.28 bits per heavy atom. The van der Waals surface area contributed by atoms with Crippen LogP contribution < -0.4 is 10.6 Å². The van der Waals surface area contributed by atoms with Crippen molar-refractivity contribution in [3.05, 3.63) is 0 Å². The predicted molar refractivity (Wildman–Crippen MR) is 109 cm³/mol. The first-order valence-corrected chi connectivity index (χ1v) is 11.7. The van der Waals surface area contributed by atoms with Crippen LogP contribution in [0.2, 0.25) is 0 Å². The fourth-order valence-electron chi connectivity index (χ4n) is 6.12. The number of nitrogens with zero attached hydrogens (tertiary/aromatic N) is 1. The Balaban J connectivity index is 1.29. The summed E-state index contributed by atoms with van der Waals surface area (Å²) >= 11 is 0. The van der Waals surface area contributed by atoms with Gasteiger partial charge in [-0.1, -0.05) is 6.92 Å². The molecular formula is C22H38FN3O3. The number of carbonyl (C=O) groups is 1. The topological polar surface area (TPSA) is 73.8 Å². The van der Waals surface area contributed by atoms with Crippen molar-refractivity contribution in [1.29, 1.82) is 0 Å². The number of ether oxygens (including phenoxy) is 1. The number of fused-ring (bicyclic) bond motifs is 1. The average Bonchev–Trinajstić information content (AvgIpc) is 3.19. The van der Waals surface area contributed by atoms with Crippen LogP contribution in [-0.4, -0.2) is 78.7 Å². The van der Waals surface area contributed by atoms with Crippen LogP contribution in [0.4, 0.5) is 4.39 Å². The Morgan fingerprint density at radius 3 is 2.93 bits per heavy atom. The first-order valence-electron chi connectivity index (χ1n) is 11.7. The molecule has 2 aliphatic heterocycles. The lowest BCUT2D eigenvalue weighted by atomic mass is 9.77. The number of morpholine rings is 1. The number of carbonyl (C=O) groups excluding carboxylic acids is 1. The molecule has 0 spiro atoms. The van der Waals surface area contributed by atoms with Crippen LogP contribution >= 0.6 is 0 Å². The molecule has 2 heterocycles. The molecule has 3 N–H and O–H groups in total. The Bertz CT molecular complexity index is 545. The fraction of sp³-hybridized carbons (Fsp3) is 0.955. The van der Waals surface area contributed by atoms with Gasteiger partial charge in [-0.2, -0.15) is 0 Å². The summed E-state index contributed by atoms with van der Waals surface area (Å²) in [4.78, 5) is 15.4. The van der Waals surface area contributed by atoms with E-state index in [0.29, 0.717) is 31.2 Å². The van der Waals surface area contributed by atoms with E-state index in [1.807, 2.05) is 0 Å². The van der Waals surface area contributed by atoms with Crippen molar-refractivity contribution in [3.63, 3.8) is 0 Å². The lowest BCUT2D eigenvalue weighted by Gasteiger charge is -2.42. The SMILES string of the molecule is CC1CCC(F)C2CC(C(=O)NC3CCCC(N4CCOC(CCO)C4)C3)NC12. The molecule has 2 aliphatic carbocycles. The second-order valence-electron chi connectivity index (χ2n) is 9.74. The third-order valence-corrected chi connectivity index (χ3v) is 7.79. The van der Waals surface area contributed by atoms with E-state index in [1.165, 1.54) is 0 Å². The molecule has 4 fully saturated rings. The smallest absolute Gasteiger partial charge is 0.237 e. The van der Waals surface area contributed by atoms with Crippen LogP contribution in [-0.2, 0) is 9.53 Å². The van der Waals surface area contributed by atoms with Crippen molar-refractivity contribution in [3.8, 4) is 0 Å². The lowest BCUT2D eigenvalue weighted by molar-refractivity contribution is -0.124. The zero-order valence-electron chi connectivity index (χ0n) is 17.7. The highest BCUT2D eigenvalue weighted by molar-refractivity contribution is 5.82. The number of aliphatic hydroxyl groups excluding tert-OH is 1. The summed E-state index contributed by atoms with van der Waals surface area (Å²) in [6, 6.07) is 0.559. The van der Waals surface area contributed by atoms with Gasteiger partial charge in [0.05, 0.1) is 18.8 Å². The quantitative estimate of drug-likeness (QED) is 0.641. The molecule has 0 aromatic carbocycles. The average molecular weight is 412 g/mol. The maximum atomic E-state index is 14.3. The van der Waals surface area contributed by atoms with Crippen molar-refractivity contribution < 1.29 is 19.0 Å². The maximum absolute atomic E-state index is 14.3. The minimum Gasteiger partial charge on any atom is -0.396 e. The molecule has 8 atom stereocenters. The zero-order valence-corrected chi connectivity index (χ0v) is 17.7. The fourth-order valence-corrected chi connectivity index (χ4v) is 6.12. The van der Waals surface area contributed by atoms with Crippen LogP contribution in [0.3, 0.4) is 0 Å². The molecule has 0 aromatic rings. The lowest BCUT2D eigenvalue weighted by Crippen LogP contribution is -2.53. The minimum absolute atomic E-state index is 0.00888. The van der Waals surface area contributed by atoms with E-state index in [9.17, 15) is 14.3 Å². The van der Waals surface area contributed by atoms with Crippen LogP contribution in [0, 0.1) is 11.8 Å². The number of nitrogens with one attached hydrogen (secondary N) is 2. The van der Waals surface area contributed by atoms with Crippen LogP contribution in [0.25, 0.3) is 0 Å². The third kappa shape index (κ3) is 4.94. The number of hydrogen-bond donors (Lipinski definition) is 3. The number of halogens is 1. The summed E-state index contributed by atoms with van der Waals surface area (Å²) < 4.78 is 20.1. The molecule has 0 radical (unpaired) electrons. The highest BCUT2D eigenvalue weighted by atomic mass is 19.1. The zero-order chi connectivity index (χ0) is 20.4. The first kappa shape index (κ1) is 21.5. The summed E-state index contributed by atoms with van der Waals surface area (Å²) in [5, 5.41) is 15.9. The van der Waals surface area contributed by atoms with Crippen LogP contribution in [0.5, 0.6) is 0 Å². The summed E-state index contributed by atoms with van der Waals surface area (Å²) in [6.45, 7) is 4.85. The van der Waals surface area contributed by atoms with E-state index in [2.05, 4.69) is 22.5 Å². The van der Waals surface area contributed by atoms with Gasteiger partial charge in [-0.15, -0.1) is 0 Å². The molecule has 4 rings (SSSR count). The van der Waals surface area contributed by atoms with E-state index < -0.39 is 6.17 Å². The molecule has 8 unspecified atom stereocenters. The Kier molecular flexibility index (Phi) is 7.10. The molecule has 7 heteroatoms. The minimum atomic E-state index is -0.770. The van der Waals surface area contributed by atoms with Gasteiger partial charge in [0.1, 0.15) is 6.17 Å². The van der Waals surface area contributed by atoms with Crippen LogP contribution in [0.15, 0.2) is 0 Å². The molecule has 2 saturated heterocycles. The van der Waals surface area contributed by atoms with Gasteiger partial charge in [0, 0.05) is 43.7 Å². The molecule has 2 saturated carbocycles. The van der Waals surface area contributed by atoms with Gasteiger partial charge >= 0.3 is 0 Å². The Labute approximate surface area is 173 Å². The van der Waals surface area contributed by atoms with E-state index in [0.717, 1.165) is 51.8 Å². The number of amides is 1. The van der Waals surface area contributed by atoms with E-state index >= 15 is 0 Å². The predicted octanol–water partition coefficient (Wildman–Crippen LogP) is 1.61. The molecule has 0 aromatic heterocycles. The van der Waals surface area contributed by atoms with Gasteiger partial charge in [-0.25, -0.2) is 4.39 Å². The first-order chi connectivity index (χ1) is 14.0. The van der Waals surface area contributed by atoms with Gasteiger partial charge in [0.25, 0.3) is 0 Å². The summed E-state index contributed by atoms with van der Waals surface area (Å²) in [5.74, 6) is 0.493. The van der Waals surface area contributed by atoms with E-state index in [1.54, 1.807) is 0 Å². The molecule has 0 bridgehead atoms. The second-order valence-corrected chi connectivity index (χ2v) is 9.74. The molecule has 1 amide bonds. The molecule has 166 valence electrons. The van der Waals surface area contributed by atoms with Gasteiger partial charge in [0.2, 0.25) is 5.91 Å². The number of aliphatic hydroxyl groups is 1. The Morgan fingerprint density at radius 2 is 2.14 bits per heavy atom. The molecule has 6 nitrogen and oxygen atoms in total. The second kappa shape index (κ2) is 9.58. The number of alkyl halides is 1. The van der Waals surface area contributed by atoms with Crippen molar-refractivity contribution in [2.24, 2.45) is 11.8 Å². The normalized spacial score (nSPS) is 43.7. The largest absolute Gasteiger partial charge is 0.396 e. The maximum Gasteiger partial charge on any atom is 0.237 e. The molecular weight excluding hydrogens is 373 g/mol. The van der Waals surface area contributed by atoms with Crippen LogP contribution in [0.1, 0.15) is 58.3 Å². The third-order valence-electron chi connectivity index (χ3n) is 7.79. The van der Waals surface area contributed by atoms with Crippen molar-refractivity contribution in [2.45, 2.75) is 94.7 Å². The van der Waals surface area contributed by atoms with Crippen molar-refractivity contribution in [2.75, 3.05) is 26.3 Å². The van der Waals surface area contributed by atoms with Gasteiger partial charge in [-0.3, -0.25) is 9.69 Å². The molecule has 4 aliphatic rings. The van der Waals surface area contributed by atoms with Crippen molar-refractivity contribution >= 4 is 5.91 Å². The number of hydrogen-bond acceptors (Lipinski definition) is 5. The van der Waals surface area contributed by atoms with Gasteiger partial charge < -0.3 is 20.5 Å². The van der Waals surface area contributed by atoms with E-state index in [4.69, 9.17) is 4.74 Å². The monoisotopic (exact) mass is 411 g/mol. The van der Waals surface area contributed by atoms with Crippen molar-refractivity contribution in [1.82, 2.24) is 15.5 Å². The highest BCUT2D eigenvalue weighted by Crippen LogP contribution is 2.38. The summed E-state index contributed by atoms with van der Waals surface area (Å²) in [5.41, 5.74) is 0. The highest BCUT2D eigenvalue weighted by Gasteiger charge is 2.46. The van der Waals surface area contributed by atoms with Gasteiger partial charge in [-0.05, 0) is 57.3 Å². The number of rotatable bonds is 5. The summed E-state index contributed by atoms with van der Waals surface area (Å²) in [6.07, 6.45) is 6.48. The summed E-state index contributed by atoms with van der Waals surface area (Å²) in [7, 11) is 0.